The van der Waals surface area contributed by atoms with Crippen molar-refractivity contribution < 1.29 is 18.3 Å². The second kappa shape index (κ2) is 5.17. The molecule has 0 aliphatic rings. The molecule has 5 heteroatoms. The monoisotopic (exact) mass is 281 g/mol. The van der Waals surface area contributed by atoms with E-state index in [1.165, 1.54) is 6.07 Å². The molecule has 1 atom stereocenters. The summed E-state index contributed by atoms with van der Waals surface area (Å²) >= 11 is 0. The number of rotatable bonds is 2. The number of alkyl halides is 3. The number of nitrogens with two attached hydrogens (primary N) is 1. The van der Waals surface area contributed by atoms with Gasteiger partial charge in [-0.05, 0) is 24.6 Å². The number of nitrogen functional groups attached to an aromatic ring is 1. The summed E-state index contributed by atoms with van der Waals surface area (Å²) in [5, 5.41) is 10.2. The van der Waals surface area contributed by atoms with Gasteiger partial charge in [-0.3, -0.25) is 0 Å². The van der Waals surface area contributed by atoms with Gasteiger partial charge in [0.1, 0.15) is 6.10 Å². The van der Waals surface area contributed by atoms with E-state index in [0.717, 1.165) is 17.7 Å². The SMILES string of the molecule is Cc1cccc(C(O)c2ccc(C(F)(F)F)cc2N)c1. The van der Waals surface area contributed by atoms with Crippen LogP contribution in [0.3, 0.4) is 0 Å². The third kappa shape index (κ3) is 2.93. The number of hydrogen-bond donors (Lipinski definition) is 2. The zero-order valence-electron chi connectivity index (χ0n) is 10.8. The van der Waals surface area contributed by atoms with E-state index in [1.54, 1.807) is 18.2 Å². The first-order valence-electron chi connectivity index (χ1n) is 6.00. The number of anilines is 1. The fourth-order valence-electron chi connectivity index (χ4n) is 2.02. The molecule has 2 rings (SSSR count). The lowest BCUT2D eigenvalue weighted by Crippen LogP contribution is -2.09. The molecule has 0 radical (unpaired) electrons. The summed E-state index contributed by atoms with van der Waals surface area (Å²) in [4.78, 5) is 0. The molecule has 3 N–H and O–H groups in total. The normalized spacial score (nSPS) is 13.2. The van der Waals surface area contributed by atoms with Crippen LogP contribution >= 0.6 is 0 Å². The molecule has 1 unspecified atom stereocenters. The molecule has 2 aromatic carbocycles. The summed E-state index contributed by atoms with van der Waals surface area (Å²) < 4.78 is 37.7. The van der Waals surface area contributed by atoms with Gasteiger partial charge in [-0.25, -0.2) is 0 Å². The van der Waals surface area contributed by atoms with Gasteiger partial charge in [-0.1, -0.05) is 35.9 Å². The van der Waals surface area contributed by atoms with Gasteiger partial charge in [-0.15, -0.1) is 0 Å². The Morgan fingerprint density at radius 1 is 1.10 bits per heavy atom. The lowest BCUT2D eigenvalue weighted by atomic mass is 9.97. The summed E-state index contributed by atoms with van der Waals surface area (Å²) in [7, 11) is 0. The third-order valence-corrected chi connectivity index (χ3v) is 3.07. The molecule has 0 spiro atoms. The standard InChI is InChI=1S/C15H14F3NO/c1-9-3-2-4-10(7-9)14(20)12-6-5-11(8-13(12)19)15(16,17)18/h2-8,14,20H,19H2,1H3. The van der Waals surface area contributed by atoms with Crippen LogP contribution in [0.15, 0.2) is 42.5 Å². The van der Waals surface area contributed by atoms with E-state index >= 15 is 0 Å². The maximum atomic E-state index is 12.6. The van der Waals surface area contributed by atoms with Gasteiger partial charge in [-0.2, -0.15) is 13.2 Å². The van der Waals surface area contributed by atoms with E-state index < -0.39 is 17.8 Å². The average Bonchev–Trinajstić information content (AvgIpc) is 2.36. The molecule has 0 aromatic heterocycles. The Labute approximate surface area is 114 Å². The summed E-state index contributed by atoms with van der Waals surface area (Å²) in [5.41, 5.74) is 6.55. The van der Waals surface area contributed by atoms with Crippen LogP contribution < -0.4 is 5.73 Å². The molecule has 0 aliphatic heterocycles. The fraction of sp³-hybridized carbons (Fsp3) is 0.200. The highest BCUT2D eigenvalue weighted by atomic mass is 19.4. The zero-order chi connectivity index (χ0) is 14.9. The van der Waals surface area contributed by atoms with Crippen LogP contribution in [0.2, 0.25) is 0 Å². The Morgan fingerprint density at radius 2 is 1.80 bits per heavy atom. The van der Waals surface area contributed by atoms with Gasteiger partial charge in [0.15, 0.2) is 0 Å². The first kappa shape index (κ1) is 14.4. The smallest absolute Gasteiger partial charge is 0.398 e. The first-order chi connectivity index (χ1) is 9.29. The average molecular weight is 281 g/mol. The minimum Gasteiger partial charge on any atom is -0.398 e. The number of halogens is 3. The van der Waals surface area contributed by atoms with Crippen LogP contribution in [-0.2, 0) is 6.18 Å². The van der Waals surface area contributed by atoms with Crippen molar-refractivity contribution in [2.24, 2.45) is 0 Å². The Morgan fingerprint density at radius 3 is 2.35 bits per heavy atom. The highest BCUT2D eigenvalue weighted by Gasteiger charge is 2.31. The Bertz CT molecular complexity index is 623. The molecule has 0 fully saturated rings. The molecule has 106 valence electrons. The maximum Gasteiger partial charge on any atom is 0.416 e. The lowest BCUT2D eigenvalue weighted by molar-refractivity contribution is -0.137. The number of aliphatic hydroxyl groups excluding tert-OH is 1. The first-order valence-corrected chi connectivity index (χ1v) is 6.00. The van der Waals surface area contributed by atoms with Crippen molar-refractivity contribution in [2.45, 2.75) is 19.2 Å². The summed E-state index contributed by atoms with van der Waals surface area (Å²) in [6.07, 6.45) is -5.49. The van der Waals surface area contributed by atoms with E-state index in [9.17, 15) is 18.3 Å². The number of benzene rings is 2. The Hall–Kier alpha value is -2.01. The van der Waals surface area contributed by atoms with Crippen LogP contribution in [-0.4, -0.2) is 5.11 Å². The largest absolute Gasteiger partial charge is 0.416 e. The predicted octanol–water partition coefficient (Wildman–Crippen LogP) is 3.68. The molecule has 0 heterocycles. The molecule has 2 nitrogen and oxygen atoms in total. The van der Waals surface area contributed by atoms with Crippen molar-refractivity contribution in [1.29, 1.82) is 0 Å². The maximum absolute atomic E-state index is 12.6. The van der Waals surface area contributed by atoms with Crippen molar-refractivity contribution in [3.63, 3.8) is 0 Å². The van der Waals surface area contributed by atoms with E-state index in [1.807, 2.05) is 13.0 Å². The van der Waals surface area contributed by atoms with Crippen LogP contribution in [0.25, 0.3) is 0 Å². The molecular formula is C15H14F3NO. The van der Waals surface area contributed by atoms with Gasteiger partial charge < -0.3 is 10.8 Å². The van der Waals surface area contributed by atoms with Gasteiger partial charge in [0, 0.05) is 11.3 Å². The second-order valence-corrected chi connectivity index (χ2v) is 4.66. The van der Waals surface area contributed by atoms with Crippen molar-refractivity contribution in [3.8, 4) is 0 Å². The molecule has 0 saturated heterocycles. The van der Waals surface area contributed by atoms with Crippen LogP contribution in [0.5, 0.6) is 0 Å². The van der Waals surface area contributed by atoms with Crippen molar-refractivity contribution in [3.05, 3.63) is 64.7 Å². The molecule has 0 aliphatic carbocycles. The molecular weight excluding hydrogens is 267 g/mol. The highest BCUT2D eigenvalue weighted by Crippen LogP contribution is 2.34. The van der Waals surface area contributed by atoms with E-state index in [-0.39, 0.29) is 11.3 Å². The van der Waals surface area contributed by atoms with Crippen molar-refractivity contribution in [1.82, 2.24) is 0 Å². The van der Waals surface area contributed by atoms with E-state index in [2.05, 4.69) is 0 Å². The zero-order valence-corrected chi connectivity index (χ0v) is 10.8. The minimum absolute atomic E-state index is 0.0752. The Kier molecular flexibility index (Phi) is 3.72. The molecule has 0 bridgehead atoms. The third-order valence-electron chi connectivity index (χ3n) is 3.07. The summed E-state index contributed by atoms with van der Waals surface area (Å²) in [5.74, 6) is 0. The molecule has 0 saturated carbocycles. The molecule has 0 amide bonds. The quantitative estimate of drug-likeness (QED) is 0.825. The fourth-order valence-corrected chi connectivity index (χ4v) is 2.02. The minimum atomic E-state index is -4.44. The summed E-state index contributed by atoms with van der Waals surface area (Å²) in [6.45, 7) is 1.87. The van der Waals surface area contributed by atoms with Crippen molar-refractivity contribution >= 4 is 5.69 Å². The Balaban J connectivity index is 2.38. The number of hydrogen-bond acceptors (Lipinski definition) is 2. The van der Waals surface area contributed by atoms with Crippen LogP contribution in [0.1, 0.15) is 28.4 Å². The topological polar surface area (TPSA) is 46.2 Å². The van der Waals surface area contributed by atoms with E-state index in [0.29, 0.717) is 5.56 Å². The van der Waals surface area contributed by atoms with Crippen molar-refractivity contribution in [2.75, 3.05) is 5.73 Å². The summed E-state index contributed by atoms with van der Waals surface area (Å²) in [6, 6.07) is 10.1. The lowest BCUT2D eigenvalue weighted by Gasteiger charge is -2.16. The highest BCUT2D eigenvalue weighted by molar-refractivity contribution is 5.53. The molecule has 2 aromatic rings. The van der Waals surface area contributed by atoms with Gasteiger partial charge >= 0.3 is 6.18 Å². The van der Waals surface area contributed by atoms with Gasteiger partial charge in [0.2, 0.25) is 0 Å². The number of aliphatic hydroxyl groups is 1. The molecule has 20 heavy (non-hydrogen) atoms. The van der Waals surface area contributed by atoms with Crippen LogP contribution in [0.4, 0.5) is 18.9 Å². The second-order valence-electron chi connectivity index (χ2n) is 4.66. The van der Waals surface area contributed by atoms with E-state index in [4.69, 9.17) is 5.73 Å². The predicted molar refractivity (Wildman–Crippen MR) is 71.1 cm³/mol. The number of aryl methyl sites for hydroxylation is 1. The van der Waals surface area contributed by atoms with Crippen LogP contribution in [0, 0.1) is 6.92 Å². The van der Waals surface area contributed by atoms with Gasteiger partial charge in [0.25, 0.3) is 0 Å². The van der Waals surface area contributed by atoms with Gasteiger partial charge in [0.05, 0.1) is 5.56 Å².